The predicted octanol–water partition coefficient (Wildman–Crippen LogP) is 6.95. The molecule has 9 heteroatoms. The van der Waals surface area contributed by atoms with Crippen LogP contribution in [0.1, 0.15) is 27.4 Å². The minimum Gasteiger partial charge on any atom is -0.478 e. The molecular formula is C17H9BrCl2F4O2. The molecule has 0 spiro atoms. The van der Waals surface area contributed by atoms with Gasteiger partial charge >= 0.3 is 12.1 Å². The van der Waals surface area contributed by atoms with E-state index in [0.29, 0.717) is 6.08 Å². The molecule has 0 saturated heterocycles. The van der Waals surface area contributed by atoms with Gasteiger partial charge in [-0.15, -0.1) is 0 Å². The van der Waals surface area contributed by atoms with E-state index >= 15 is 0 Å². The van der Waals surface area contributed by atoms with Crippen molar-refractivity contribution in [2.24, 2.45) is 0 Å². The van der Waals surface area contributed by atoms with Crippen molar-refractivity contribution in [3.8, 4) is 0 Å². The summed E-state index contributed by atoms with van der Waals surface area (Å²) < 4.78 is 54.9. The van der Waals surface area contributed by atoms with E-state index in [0.717, 1.165) is 18.2 Å². The molecule has 2 aromatic carbocycles. The molecule has 0 aliphatic carbocycles. The second-order valence-electron chi connectivity index (χ2n) is 5.18. The van der Waals surface area contributed by atoms with Crippen molar-refractivity contribution >= 4 is 51.2 Å². The van der Waals surface area contributed by atoms with Gasteiger partial charge in [0.25, 0.3) is 0 Å². The summed E-state index contributed by atoms with van der Waals surface area (Å²) in [4.78, 5) is 11.3. The van der Waals surface area contributed by atoms with Crippen LogP contribution < -0.4 is 0 Å². The highest BCUT2D eigenvalue weighted by Gasteiger charge is 2.41. The standard InChI is InChI=1S/C17H9BrCl2F4O2/c18-13-3-1-2-10(16(25)26)9(13)4-5-12(17(22,23)24)11-6-8(19)7-14(20)15(11)21/h1-7,12H,(H,25,26)/b5-4+. The fourth-order valence-electron chi connectivity index (χ4n) is 2.28. The molecule has 0 aliphatic heterocycles. The van der Waals surface area contributed by atoms with Gasteiger partial charge < -0.3 is 5.11 Å². The average molecular weight is 472 g/mol. The van der Waals surface area contributed by atoms with Gasteiger partial charge in [-0.2, -0.15) is 13.2 Å². The number of hydrogen-bond acceptors (Lipinski definition) is 1. The first-order chi connectivity index (χ1) is 12.0. The van der Waals surface area contributed by atoms with Crippen molar-refractivity contribution in [3.63, 3.8) is 0 Å². The van der Waals surface area contributed by atoms with Crippen LogP contribution >= 0.6 is 39.1 Å². The van der Waals surface area contributed by atoms with Gasteiger partial charge in [0.1, 0.15) is 11.7 Å². The van der Waals surface area contributed by atoms with Crippen LogP contribution in [0.3, 0.4) is 0 Å². The summed E-state index contributed by atoms with van der Waals surface area (Å²) in [6.07, 6.45) is -3.21. The lowest BCUT2D eigenvalue weighted by molar-refractivity contribution is -0.139. The molecule has 2 aromatic rings. The lowest BCUT2D eigenvalue weighted by Crippen LogP contribution is -2.20. The quantitative estimate of drug-likeness (QED) is 0.386. The zero-order chi connectivity index (χ0) is 19.6. The largest absolute Gasteiger partial charge is 0.478 e. The molecule has 0 heterocycles. The van der Waals surface area contributed by atoms with Gasteiger partial charge in [0.2, 0.25) is 0 Å². The van der Waals surface area contributed by atoms with Crippen LogP contribution in [-0.4, -0.2) is 17.3 Å². The van der Waals surface area contributed by atoms with Gasteiger partial charge in [0.15, 0.2) is 0 Å². The van der Waals surface area contributed by atoms with Gasteiger partial charge in [-0.1, -0.05) is 57.4 Å². The summed E-state index contributed by atoms with van der Waals surface area (Å²) >= 11 is 14.4. The number of rotatable bonds is 4. The molecule has 1 unspecified atom stereocenters. The third-order valence-corrected chi connectivity index (χ3v) is 4.63. The highest BCUT2D eigenvalue weighted by atomic mass is 79.9. The summed E-state index contributed by atoms with van der Waals surface area (Å²) in [5.74, 6) is -4.92. The highest BCUT2D eigenvalue weighted by molar-refractivity contribution is 9.10. The van der Waals surface area contributed by atoms with Crippen molar-refractivity contribution in [3.05, 3.63) is 73.4 Å². The summed E-state index contributed by atoms with van der Waals surface area (Å²) in [7, 11) is 0. The lowest BCUT2D eigenvalue weighted by Gasteiger charge is -2.19. The number of hydrogen-bond donors (Lipinski definition) is 1. The van der Waals surface area contributed by atoms with Gasteiger partial charge in [-0.05, 0) is 24.3 Å². The Labute approximate surface area is 164 Å². The topological polar surface area (TPSA) is 37.3 Å². The molecule has 0 amide bonds. The Kier molecular flexibility index (Phi) is 6.37. The fraction of sp³-hybridized carbons (Fsp3) is 0.118. The predicted molar refractivity (Wildman–Crippen MR) is 95.4 cm³/mol. The molecule has 138 valence electrons. The molecule has 0 aromatic heterocycles. The molecule has 26 heavy (non-hydrogen) atoms. The van der Waals surface area contributed by atoms with Crippen LogP contribution in [0.15, 0.2) is 40.9 Å². The SMILES string of the molecule is O=C(O)c1cccc(Br)c1/C=C/C(c1cc(Cl)cc(Cl)c1F)C(F)(F)F. The first kappa shape index (κ1) is 20.7. The summed E-state index contributed by atoms with van der Waals surface area (Å²) in [5.41, 5.74) is -0.945. The molecule has 0 fully saturated rings. The van der Waals surface area contributed by atoms with E-state index in [1.54, 1.807) is 0 Å². The second-order valence-corrected chi connectivity index (χ2v) is 6.87. The molecule has 0 aliphatic rings. The summed E-state index contributed by atoms with van der Waals surface area (Å²) in [6.45, 7) is 0. The Hall–Kier alpha value is -1.57. The molecular weight excluding hydrogens is 463 g/mol. The van der Waals surface area contributed by atoms with Crippen molar-refractivity contribution < 1.29 is 27.5 Å². The number of halogens is 7. The number of carboxylic acid groups (broad SMARTS) is 1. The number of benzene rings is 2. The van der Waals surface area contributed by atoms with Crippen molar-refractivity contribution in [1.82, 2.24) is 0 Å². The van der Waals surface area contributed by atoms with Gasteiger partial charge in [0, 0.05) is 20.6 Å². The Morgan fingerprint density at radius 3 is 2.46 bits per heavy atom. The van der Waals surface area contributed by atoms with E-state index in [1.165, 1.54) is 18.2 Å². The zero-order valence-corrected chi connectivity index (χ0v) is 15.7. The Balaban J connectivity index is 2.60. The Morgan fingerprint density at radius 1 is 1.23 bits per heavy atom. The van der Waals surface area contributed by atoms with E-state index in [-0.39, 0.29) is 20.6 Å². The molecule has 1 N–H and O–H groups in total. The Bertz CT molecular complexity index is 882. The minimum atomic E-state index is -4.85. The Morgan fingerprint density at radius 2 is 1.88 bits per heavy atom. The van der Waals surface area contributed by atoms with Crippen LogP contribution in [0.25, 0.3) is 6.08 Å². The van der Waals surface area contributed by atoms with Crippen LogP contribution in [-0.2, 0) is 0 Å². The van der Waals surface area contributed by atoms with Gasteiger partial charge in [-0.25, -0.2) is 9.18 Å². The van der Waals surface area contributed by atoms with Crippen molar-refractivity contribution in [1.29, 1.82) is 0 Å². The maximum atomic E-state index is 14.1. The van der Waals surface area contributed by atoms with Gasteiger partial charge in [0.05, 0.1) is 10.6 Å². The molecule has 1 atom stereocenters. The maximum Gasteiger partial charge on any atom is 0.399 e. The number of aromatic carboxylic acids is 1. The minimum absolute atomic E-state index is 0.0165. The number of carbonyl (C=O) groups is 1. The molecule has 0 bridgehead atoms. The smallest absolute Gasteiger partial charge is 0.399 e. The molecule has 2 nitrogen and oxygen atoms in total. The molecule has 2 rings (SSSR count). The lowest BCUT2D eigenvalue weighted by atomic mass is 9.95. The van der Waals surface area contributed by atoms with Crippen molar-refractivity contribution in [2.45, 2.75) is 12.1 Å². The maximum absolute atomic E-state index is 14.1. The third-order valence-electron chi connectivity index (χ3n) is 3.45. The second kappa shape index (κ2) is 7.98. The fourth-order valence-corrected chi connectivity index (χ4v) is 3.28. The number of alkyl halides is 3. The van der Waals surface area contributed by atoms with E-state index in [2.05, 4.69) is 15.9 Å². The van der Waals surface area contributed by atoms with Crippen LogP contribution in [0.4, 0.5) is 17.6 Å². The monoisotopic (exact) mass is 470 g/mol. The van der Waals surface area contributed by atoms with Crippen LogP contribution in [0.5, 0.6) is 0 Å². The van der Waals surface area contributed by atoms with E-state index in [9.17, 15) is 27.5 Å². The highest BCUT2D eigenvalue weighted by Crippen LogP contribution is 2.40. The third kappa shape index (κ3) is 4.58. The molecule has 0 radical (unpaired) electrons. The van der Waals surface area contributed by atoms with Gasteiger partial charge in [-0.3, -0.25) is 0 Å². The first-order valence-electron chi connectivity index (χ1n) is 6.93. The summed E-state index contributed by atoms with van der Waals surface area (Å²) in [5, 5.41) is 8.49. The van der Waals surface area contributed by atoms with E-state index in [4.69, 9.17) is 23.2 Å². The van der Waals surface area contributed by atoms with Crippen LogP contribution in [0, 0.1) is 5.82 Å². The van der Waals surface area contributed by atoms with Crippen LogP contribution in [0.2, 0.25) is 10.0 Å². The van der Waals surface area contributed by atoms with Crippen molar-refractivity contribution in [2.75, 3.05) is 0 Å². The summed E-state index contributed by atoms with van der Waals surface area (Å²) in [6, 6.07) is 5.99. The van der Waals surface area contributed by atoms with E-state index < -0.39 is 34.5 Å². The zero-order valence-electron chi connectivity index (χ0n) is 12.6. The average Bonchev–Trinajstić information content (AvgIpc) is 2.51. The molecule has 0 saturated carbocycles. The number of allylic oxidation sites excluding steroid dienone is 1. The first-order valence-corrected chi connectivity index (χ1v) is 8.48. The normalized spacial score (nSPS) is 13.2. The van der Waals surface area contributed by atoms with E-state index in [1.807, 2.05) is 0 Å². The number of carboxylic acids is 1.